The number of fused-ring (bicyclic) bond motifs is 1. The first kappa shape index (κ1) is 25.8. The van der Waals surface area contributed by atoms with Crippen LogP contribution in [0.1, 0.15) is 18.0 Å². The Labute approximate surface area is 212 Å². The maximum absolute atomic E-state index is 13.3. The Kier molecular flexibility index (Phi) is 8.04. The molecule has 1 aliphatic rings. The van der Waals surface area contributed by atoms with Crippen molar-refractivity contribution in [3.05, 3.63) is 60.3 Å². The molecule has 192 valence electrons. The van der Waals surface area contributed by atoms with Gasteiger partial charge in [-0.05, 0) is 48.4 Å². The Morgan fingerprint density at radius 3 is 2.78 bits per heavy atom. The highest BCUT2D eigenvalue weighted by Gasteiger charge is 2.28. The quantitative estimate of drug-likeness (QED) is 0.293. The normalized spacial score (nSPS) is 17.6. The van der Waals surface area contributed by atoms with Crippen molar-refractivity contribution in [1.82, 2.24) is 14.8 Å². The van der Waals surface area contributed by atoms with Gasteiger partial charge in [0.1, 0.15) is 5.75 Å². The maximum atomic E-state index is 13.3. The second-order valence-electron chi connectivity index (χ2n) is 8.89. The minimum absolute atomic E-state index is 0.205. The fourth-order valence-corrected chi connectivity index (χ4v) is 4.77. The lowest BCUT2D eigenvalue weighted by Crippen LogP contribution is -2.41. The van der Waals surface area contributed by atoms with Crippen molar-refractivity contribution >= 4 is 39.5 Å². The Morgan fingerprint density at radius 1 is 1.28 bits per heavy atom. The zero-order valence-corrected chi connectivity index (χ0v) is 21.1. The third kappa shape index (κ3) is 5.76. The molecule has 1 amide bonds. The summed E-state index contributed by atoms with van der Waals surface area (Å²) in [7, 11) is 3.23. The van der Waals surface area contributed by atoms with E-state index in [-0.39, 0.29) is 24.7 Å². The number of aromatic nitrogens is 1. The first-order valence-electron chi connectivity index (χ1n) is 11.6. The number of benzene rings is 2. The number of anilines is 2. The maximum Gasteiger partial charge on any atom is 0.261 e. The van der Waals surface area contributed by atoms with Gasteiger partial charge in [0.15, 0.2) is 6.61 Å². The summed E-state index contributed by atoms with van der Waals surface area (Å²) in [6, 6.07) is 14.0. The molecule has 0 bridgehead atoms. The fraction of sp³-hybridized carbons (Fsp3) is 0.360. The summed E-state index contributed by atoms with van der Waals surface area (Å²) < 4.78 is 28.2. The predicted molar refractivity (Wildman–Crippen MR) is 140 cm³/mol. The minimum atomic E-state index is -2.21. The average molecular weight is 514 g/mol. The van der Waals surface area contributed by atoms with Crippen LogP contribution in [0.15, 0.2) is 54.7 Å². The standard InChI is InChI=1S/C25H31N5O5S/c1-28(22(15-30-12-10-19(31)14-30)17-5-3-6-18(26)13-17)24(32)16-35-23-9-8-21(29(2)36(33)34)25-20(23)7-4-11-27-25/h3-9,11,13,19,22,31H,10,12,14-16,26H2,1-2H3,(H,33,34)/t19-,22+/m0/s1. The van der Waals surface area contributed by atoms with E-state index < -0.39 is 11.3 Å². The van der Waals surface area contributed by atoms with Gasteiger partial charge in [0, 0.05) is 51.0 Å². The molecule has 11 heteroatoms. The number of carbonyl (C=O) groups is 1. The van der Waals surface area contributed by atoms with Gasteiger partial charge in [0.2, 0.25) is 0 Å². The number of nitrogens with zero attached hydrogens (tertiary/aromatic N) is 4. The van der Waals surface area contributed by atoms with Crippen LogP contribution in [0, 0.1) is 0 Å². The molecule has 0 radical (unpaired) electrons. The first-order chi connectivity index (χ1) is 17.2. The van der Waals surface area contributed by atoms with Gasteiger partial charge in [0.25, 0.3) is 17.2 Å². The largest absolute Gasteiger partial charge is 0.483 e. The third-order valence-electron chi connectivity index (χ3n) is 6.47. The summed E-state index contributed by atoms with van der Waals surface area (Å²) in [5.41, 5.74) is 8.50. The van der Waals surface area contributed by atoms with Crippen LogP contribution in [0.2, 0.25) is 0 Å². The molecule has 0 aliphatic carbocycles. The topological polar surface area (TPSA) is 132 Å². The van der Waals surface area contributed by atoms with Gasteiger partial charge < -0.3 is 20.5 Å². The lowest BCUT2D eigenvalue weighted by Gasteiger charge is -2.32. The number of likely N-dealkylation sites (tertiary alicyclic amines) is 1. The molecule has 0 saturated carbocycles. The summed E-state index contributed by atoms with van der Waals surface area (Å²) in [6.07, 6.45) is 1.94. The first-order valence-corrected chi connectivity index (χ1v) is 12.7. The number of aliphatic hydroxyl groups is 1. The molecular formula is C25H31N5O5S. The molecule has 1 saturated heterocycles. The van der Waals surface area contributed by atoms with E-state index in [2.05, 4.69) is 9.88 Å². The Bertz CT molecular complexity index is 1260. The summed E-state index contributed by atoms with van der Waals surface area (Å²) in [5, 5.41) is 10.6. The molecule has 36 heavy (non-hydrogen) atoms. The van der Waals surface area contributed by atoms with Crippen molar-refractivity contribution in [2.45, 2.75) is 18.6 Å². The lowest BCUT2D eigenvalue weighted by atomic mass is 10.0. The Morgan fingerprint density at radius 2 is 2.08 bits per heavy atom. The smallest absolute Gasteiger partial charge is 0.261 e. The van der Waals surface area contributed by atoms with Gasteiger partial charge in [-0.1, -0.05) is 12.1 Å². The summed E-state index contributed by atoms with van der Waals surface area (Å²) >= 11 is -2.21. The van der Waals surface area contributed by atoms with Gasteiger partial charge in [-0.15, -0.1) is 0 Å². The van der Waals surface area contributed by atoms with Crippen molar-refractivity contribution in [3.63, 3.8) is 0 Å². The van der Waals surface area contributed by atoms with E-state index in [1.807, 2.05) is 18.2 Å². The molecule has 2 heterocycles. The molecular weight excluding hydrogens is 482 g/mol. The van der Waals surface area contributed by atoms with Crippen LogP contribution in [0.3, 0.4) is 0 Å². The zero-order valence-electron chi connectivity index (χ0n) is 20.3. The van der Waals surface area contributed by atoms with Crippen LogP contribution in [0.5, 0.6) is 5.75 Å². The molecule has 1 unspecified atom stereocenters. The van der Waals surface area contributed by atoms with Crippen LogP contribution in [-0.4, -0.2) is 81.0 Å². The Hall–Kier alpha value is -3.25. The van der Waals surface area contributed by atoms with E-state index in [0.717, 1.165) is 12.1 Å². The Balaban J connectivity index is 1.53. The summed E-state index contributed by atoms with van der Waals surface area (Å²) in [4.78, 5) is 21.4. The number of pyridine rings is 1. The highest BCUT2D eigenvalue weighted by Crippen LogP contribution is 2.32. The zero-order chi connectivity index (χ0) is 25.8. The summed E-state index contributed by atoms with van der Waals surface area (Å²) in [5.74, 6) is 0.223. The van der Waals surface area contributed by atoms with Crippen molar-refractivity contribution in [2.24, 2.45) is 0 Å². The van der Waals surface area contributed by atoms with E-state index in [1.54, 1.807) is 48.5 Å². The van der Waals surface area contributed by atoms with E-state index >= 15 is 0 Å². The SMILES string of the molecule is CN(C(=O)COc1ccc(N(C)S(=O)O)c2ncccc12)[C@H](CN1CC[C@H](O)C1)c1cccc(N)c1. The minimum Gasteiger partial charge on any atom is -0.483 e. The number of nitrogen functional groups attached to an aromatic ring is 1. The van der Waals surface area contributed by atoms with E-state index in [1.165, 1.54) is 11.4 Å². The molecule has 1 aromatic heterocycles. The van der Waals surface area contributed by atoms with Crippen molar-refractivity contribution in [2.75, 3.05) is 50.4 Å². The van der Waals surface area contributed by atoms with Gasteiger partial charge in [-0.25, -0.2) is 4.21 Å². The number of amides is 1. The molecule has 1 fully saturated rings. The number of nitrogens with two attached hydrogens (primary N) is 1. The highest BCUT2D eigenvalue weighted by atomic mass is 32.2. The number of hydrogen-bond acceptors (Lipinski definition) is 7. The summed E-state index contributed by atoms with van der Waals surface area (Å²) in [6.45, 7) is 1.69. The molecule has 10 nitrogen and oxygen atoms in total. The number of carbonyl (C=O) groups excluding carboxylic acids is 1. The van der Waals surface area contributed by atoms with E-state index in [9.17, 15) is 18.7 Å². The fourth-order valence-electron chi connectivity index (χ4n) is 4.45. The van der Waals surface area contributed by atoms with Gasteiger partial charge in [0.05, 0.1) is 23.3 Å². The average Bonchev–Trinajstić information content (AvgIpc) is 3.29. The molecule has 3 aromatic rings. The predicted octanol–water partition coefficient (Wildman–Crippen LogP) is 2.03. The number of ether oxygens (including phenoxy) is 1. The lowest BCUT2D eigenvalue weighted by molar-refractivity contribution is -0.134. The van der Waals surface area contributed by atoms with Crippen LogP contribution >= 0.6 is 0 Å². The number of aliphatic hydroxyl groups excluding tert-OH is 1. The molecule has 1 aliphatic heterocycles. The van der Waals surface area contributed by atoms with Crippen molar-refractivity contribution in [3.8, 4) is 5.75 Å². The van der Waals surface area contributed by atoms with Gasteiger partial charge in [-0.3, -0.25) is 23.5 Å². The van der Waals surface area contributed by atoms with E-state index in [0.29, 0.717) is 47.5 Å². The number of rotatable bonds is 9. The molecule has 4 rings (SSSR count). The second-order valence-corrected chi connectivity index (χ2v) is 9.90. The van der Waals surface area contributed by atoms with Gasteiger partial charge in [-0.2, -0.15) is 0 Å². The molecule has 4 N–H and O–H groups in total. The number of β-amino-alcohol motifs (C(OH)–C–C–N with tert-alkyl or cyclic N) is 1. The van der Waals surface area contributed by atoms with Crippen LogP contribution in [0.4, 0.5) is 11.4 Å². The molecule has 3 atom stereocenters. The van der Waals surface area contributed by atoms with Crippen LogP contribution < -0.4 is 14.8 Å². The van der Waals surface area contributed by atoms with Crippen molar-refractivity contribution < 1.29 is 23.4 Å². The highest BCUT2D eigenvalue weighted by molar-refractivity contribution is 7.80. The molecule has 2 aromatic carbocycles. The third-order valence-corrected chi connectivity index (χ3v) is 7.13. The van der Waals surface area contributed by atoms with Crippen LogP contribution in [-0.2, 0) is 16.1 Å². The monoisotopic (exact) mass is 513 g/mol. The van der Waals surface area contributed by atoms with E-state index in [4.69, 9.17) is 10.5 Å². The molecule has 0 spiro atoms. The van der Waals surface area contributed by atoms with Gasteiger partial charge >= 0.3 is 0 Å². The second kappa shape index (κ2) is 11.2. The number of likely N-dealkylation sites (N-methyl/N-ethyl adjacent to an activating group) is 1. The van der Waals surface area contributed by atoms with Crippen LogP contribution in [0.25, 0.3) is 10.9 Å². The number of hydrogen-bond donors (Lipinski definition) is 3. The van der Waals surface area contributed by atoms with Crippen molar-refractivity contribution in [1.29, 1.82) is 0 Å².